The molecule has 2 saturated heterocycles. The van der Waals surface area contributed by atoms with Crippen molar-refractivity contribution >= 4 is 29.1 Å². The first kappa shape index (κ1) is 25.2. The molecule has 1 N–H and O–H groups in total. The number of halogens is 1. The van der Waals surface area contributed by atoms with E-state index in [9.17, 15) is 18.8 Å². The highest BCUT2D eigenvalue weighted by Gasteiger charge is 2.31. The summed E-state index contributed by atoms with van der Waals surface area (Å²) in [4.78, 5) is 45.1. The smallest absolute Gasteiger partial charge is 0.256 e. The number of benzene rings is 2. The molecule has 3 aliphatic rings. The standard InChI is InChI=1S/C28H33FN4O4/c29-22-7-5-20(6-8-22)26(34)30-23-9-10-25(24(19-23)28(36)33-15-17-37-18-16-33)31-11-13-32(14-12-31)27(35)21-3-1-2-4-21/h5-10,19,21H,1-4,11-18H2,(H,30,34). The Morgan fingerprint density at radius 3 is 2.19 bits per heavy atom. The second-order valence-electron chi connectivity index (χ2n) is 9.89. The van der Waals surface area contributed by atoms with Gasteiger partial charge in [-0.25, -0.2) is 4.39 Å². The summed E-state index contributed by atoms with van der Waals surface area (Å²) in [6.07, 6.45) is 4.24. The average molecular weight is 509 g/mol. The van der Waals surface area contributed by atoms with Gasteiger partial charge < -0.3 is 24.8 Å². The van der Waals surface area contributed by atoms with Gasteiger partial charge in [0.25, 0.3) is 11.8 Å². The molecule has 0 atom stereocenters. The number of rotatable bonds is 5. The van der Waals surface area contributed by atoms with Crippen LogP contribution in [0.25, 0.3) is 0 Å². The van der Waals surface area contributed by atoms with Crippen LogP contribution in [0, 0.1) is 11.7 Å². The largest absolute Gasteiger partial charge is 0.378 e. The highest BCUT2D eigenvalue weighted by atomic mass is 19.1. The number of nitrogens with one attached hydrogen (secondary N) is 1. The monoisotopic (exact) mass is 508 g/mol. The van der Waals surface area contributed by atoms with Crippen LogP contribution in [0.15, 0.2) is 42.5 Å². The fourth-order valence-electron chi connectivity index (χ4n) is 5.40. The first-order valence-corrected chi connectivity index (χ1v) is 13.1. The van der Waals surface area contributed by atoms with Crippen molar-refractivity contribution in [3.8, 4) is 0 Å². The summed E-state index contributed by atoms with van der Waals surface area (Å²) < 4.78 is 18.7. The van der Waals surface area contributed by atoms with E-state index < -0.39 is 5.82 Å². The molecule has 2 aliphatic heterocycles. The number of hydrogen-bond acceptors (Lipinski definition) is 5. The van der Waals surface area contributed by atoms with Crippen LogP contribution in [0.5, 0.6) is 0 Å². The molecule has 2 heterocycles. The molecule has 196 valence electrons. The van der Waals surface area contributed by atoms with Gasteiger partial charge in [-0.2, -0.15) is 0 Å². The van der Waals surface area contributed by atoms with Crippen molar-refractivity contribution in [1.82, 2.24) is 9.80 Å². The third-order valence-electron chi connectivity index (χ3n) is 7.53. The zero-order chi connectivity index (χ0) is 25.8. The summed E-state index contributed by atoms with van der Waals surface area (Å²) in [6, 6.07) is 10.7. The molecule has 2 aromatic rings. The van der Waals surface area contributed by atoms with Crippen molar-refractivity contribution in [2.75, 3.05) is 62.7 Å². The van der Waals surface area contributed by atoms with E-state index in [-0.39, 0.29) is 23.6 Å². The Morgan fingerprint density at radius 2 is 1.51 bits per heavy atom. The average Bonchev–Trinajstić information content (AvgIpc) is 3.48. The number of piperazine rings is 1. The maximum Gasteiger partial charge on any atom is 0.256 e. The predicted octanol–water partition coefficient (Wildman–Crippen LogP) is 3.39. The third kappa shape index (κ3) is 5.77. The molecule has 8 nitrogen and oxygen atoms in total. The predicted molar refractivity (Wildman–Crippen MR) is 138 cm³/mol. The first-order chi connectivity index (χ1) is 18.0. The Kier molecular flexibility index (Phi) is 7.69. The van der Waals surface area contributed by atoms with Crippen LogP contribution in [0.2, 0.25) is 0 Å². The van der Waals surface area contributed by atoms with E-state index in [2.05, 4.69) is 10.2 Å². The van der Waals surface area contributed by atoms with Gasteiger partial charge >= 0.3 is 0 Å². The van der Waals surface area contributed by atoms with Crippen LogP contribution < -0.4 is 10.2 Å². The van der Waals surface area contributed by atoms with Crippen molar-refractivity contribution in [2.24, 2.45) is 5.92 Å². The van der Waals surface area contributed by atoms with Gasteiger partial charge in [0.05, 0.1) is 18.8 Å². The summed E-state index contributed by atoms with van der Waals surface area (Å²) in [5.74, 6) is -0.476. The lowest BCUT2D eigenvalue weighted by molar-refractivity contribution is -0.135. The van der Waals surface area contributed by atoms with Crippen LogP contribution in [0.3, 0.4) is 0 Å². The molecule has 3 amide bonds. The molecule has 0 radical (unpaired) electrons. The highest BCUT2D eigenvalue weighted by Crippen LogP contribution is 2.30. The van der Waals surface area contributed by atoms with Crippen molar-refractivity contribution in [1.29, 1.82) is 0 Å². The molecule has 0 spiro atoms. The molecule has 3 fully saturated rings. The van der Waals surface area contributed by atoms with Gasteiger partial charge in [-0.1, -0.05) is 12.8 Å². The second-order valence-corrected chi connectivity index (χ2v) is 9.89. The maximum absolute atomic E-state index is 13.6. The Hall–Kier alpha value is -3.46. The minimum Gasteiger partial charge on any atom is -0.378 e. The Labute approximate surface area is 216 Å². The van der Waals surface area contributed by atoms with Gasteiger partial charge in [0, 0.05) is 62.1 Å². The molecule has 0 aromatic heterocycles. The fourth-order valence-corrected chi connectivity index (χ4v) is 5.40. The van der Waals surface area contributed by atoms with Crippen molar-refractivity contribution in [3.05, 3.63) is 59.4 Å². The van der Waals surface area contributed by atoms with E-state index in [0.717, 1.165) is 31.4 Å². The van der Waals surface area contributed by atoms with Gasteiger partial charge in [0.15, 0.2) is 0 Å². The molecular formula is C28H33FN4O4. The molecule has 2 aromatic carbocycles. The molecule has 5 rings (SSSR count). The summed E-state index contributed by atoms with van der Waals surface area (Å²) in [5.41, 5.74) is 2.12. The van der Waals surface area contributed by atoms with Crippen LogP contribution in [0.4, 0.5) is 15.8 Å². The number of morpholine rings is 1. The summed E-state index contributed by atoms with van der Waals surface area (Å²) in [5, 5.41) is 2.83. The van der Waals surface area contributed by atoms with E-state index in [4.69, 9.17) is 4.74 Å². The molecule has 0 unspecified atom stereocenters. The molecule has 37 heavy (non-hydrogen) atoms. The Balaban J connectivity index is 1.34. The van der Waals surface area contributed by atoms with E-state index >= 15 is 0 Å². The lowest BCUT2D eigenvalue weighted by atomic mass is 10.0. The first-order valence-electron chi connectivity index (χ1n) is 13.1. The van der Waals surface area contributed by atoms with Crippen LogP contribution in [-0.4, -0.2) is 80.0 Å². The van der Waals surface area contributed by atoms with Gasteiger partial charge in [-0.15, -0.1) is 0 Å². The van der Waals surface area contributed by atoms with E-state index in [1.807, 2.05) is 11.0 Å². The van der Waals surface area contributed by atoms with E-state index in [1.54, 1.807) is 17.0 Å². The maximum atomic E-state index is 13.6. The van der Waals surface area contributed by atoms with Crippen molar-refractivity contribution in [2.45, 2.75) is 25.7 Å². The molecule has 1 aliphatic carbocycles. The normalized spacial score (nSPS) is 18.7. The fraction of sp³-hybridized carbons (Fsp3) is 0.464. The minimum absolute atomic E-state index is 0.111. The summed E-state index contributed by atoms with van der Waals surface area (Å²) in [7, 11) is 0. The van der Waals surface area contributed by atoms with E-state index in [1.165, 1.54) is 24.3 Å². The van der Waals surface area contributed by atoms with E-state index in [0.29, 0.717) is 69.3 Å². The molecule has 1 saturated carbocycles. The van der Waals surface area contributed by atoms with Gasteiger partial charge in [0.2, 0.25) is 5.91 Å². The summed E-state index contributed by atoms with van der Waals surface area (Å²) in [6.45, 7) is 4.54. The summed E-state index contributed by atoms with van der Waals surface area (Å²) >= 11 is 0. The number of hydrogen-bond donors (Lipinski definition) is 1. The number of carbonyl (C=O) groups excluding carboxylic acids is 3. The SMILES string of the molecule is O=C(Nc1ccc(N2CCN(C(=O)C3CCCC3)CC2)c(C(=O)N2CCOCC2)c1)c1ccc(F)cc1. The van der Waals surface area contributed by atoms with Crippen molar-refractivity contribution in [3.63, 3.8) is 0 Å². The zero-order valence-corrected chi connectivity index (χ0v) is 21.0. The van der Waals surface area contributed by atoms with Crippen LogP contribution in [0.1, 0.15) is 46.4 Å². The highest BCUT2D eigenvalue weighted by molar-refractivity contribution is 6.06. The Bertz CT molecular complexity index is 1140. The lowest BCUT2D eigenvalue weighted by Crippen LogP contribution is -2.50. The number of amides is 3. The number of ether oxygens (including phenoxy) is 1. The molecule has 9 heteroatoms. The Morgan fingerprint density at radius 1 is 0.838 bits per heavy atom. The third-order valence-corrected chi connectivity index (χ3v) is 7.53. The number of nitrogens with zero attached hydrogens (tertiary/aromatic N) is 3. The molecule has 0 bridgehead atoms. The van der Waals surface area contributed by atoms with Gasteiger partial charge in [-0.05, 0) is 55.3 Å². The number of carbonyl (C=O) groups is 3. The topological polar surface area (TPSA) is 82.2 Å². The van der Waals surface area contributed by atoms with Crippen LogP contribution in [-0.2, 0) is 9.53 Å². The van der Waals surface area contributed by atoms with Crippen LogP contribution >= 0.6 is 0 Å². The number of anilines is 2. The minimum atomic E-state index is -0.413. The lowest BCUT2D eigenvalue weighted by Gasteiger charge is -2.38. The van der Waals surface area contributed by atoms with Gasteiger partial charge in [-0.3, -0.25) is 14.4 Å². The zero-order valence-electron chi connectivity index (χ0n) is 21.0. The van der Waals surface area contributed by atoms with Gasteiger partial charge in [0.1, 0.15) is 5.82 Å². The second kappa shape index (κ2) is 11.3. The quantitative estimate of drug-likeness (QED) is 0.670. The molecular weight excluding hydrogens is 475 g/mol. The van der Waals surface area contributed by atoms with Crippen molar-refractivity contribution < 1.29 is 23.5 Å².